The molecule has 2 fully saturated rings. The average Bonchev–Trinajstić information content (AvgIpc) is 2.92. The van der Waals surface area contributed by atoms with Gasteiger partial charge in [0.15, 0.2) is 0 Å². The summed E-state index contributed by atoms with van der Waals surface area (Å²) < 4.78 is 88.1. The van der Waals surface area contributed by atoms with E-state index in [-0.39, 0.29) is 23.4 Å². The fraction of sp³-hybridized carbons (Fsp3) is 0.536. The fourth-order valence-corrected chi connectivity index (χ4v) is 4.95. The number of benzene rings is 2. The first-order valence-electron chi connectivity index (χ1n) is 13.1. The zero-order valence-corrected chi connectivity index (χ0v) is 22.6. The molecule has 2 aliphatic rings. The van der Waals surface area contributed by atoms with Crippen LogP contribution in [0.25, 0.3) is 5.32 Å². The molecule has 0 spiro atoms. The maximum absolute atomic E-state index is 13.1. The van der Waals surface area contributed by atoms with Crippen LogP contribution < -0.4 is 5.32 Å². The molecular formula is C28H34F7N4O-. The van der Waals surface area contributed by atoms with Crippen LogP contribution in [0.4, 0.5) is 30.7 Å². The van der Waals surface area contributed by atoms with Crippen molar-refractivity contribution < 1.29 is 35.5 Å². The molecule has 222 valence electrons. The lowest BCUT2D eigenvalue weighted by atomic mass is 9.92. The number of rotatable bonds is 4. The minimum absolute atomic E-state index is 0.103. The van der Waals surface area contributed by atoms with E-state index in [9.17, 15) is 35.5 Å². The van der Waals surface area contributed by atoms with E-state index in [1.807, 2.05) is 17.0 Å². The van der Waals surface area contributed by atoms with Gasteiger partial charge in [-0.05, 0) is 55.3 Å². The zero-order valence-electron chi connectivity index (χ0n) is 22.6. The predicted octanol–water partition coefficient (Wildman–Crippen LogP) is 6.57. The molecule has 2 aromatic carbocycles. The van der Waals surface area contributed by atoms with Crippen molar-refractivity contribution >= 4 is 5.91 Å². The Balaban J connectivity index is 0.000000226. The Morgan fingerprint density at radius 3 is 1.98 bits per heavy atom. The number of carbonyl (C=O) groups is 1. The first-order chi connectivity index (χ1) is 18.7. The Morgan fingerprint density at radius 2 is 1.50 bits per heavy atom. The van der Waals surface area contributed by atoms with Crippen LogP contribution in [0.2, 0.25) is 0 Å². The van der Waals surface area contributed by atoms with Gasteiger partial charge in [-0.25, -0.2) is 4.39 Å². The molecule has 0 radical (unpaired) electrons. The van der Waals surface area contributed by atoms with E-state index in [4.69, 9.17) is 0 Å². The van der Waals surface area contributed by atoms with Crippen LogP contribution in [0.1, 0.15) is 61.0 Å². The molecule has 5 nitrogen and oxygen atoms in total. The highest BCUT2D eigenvalue weighted by Gasteiger charge is 2.37. The van der Waals surface area contributed by atoms with E-state index < -0.39 is 29.5 Å². The Hall–Kier alpha value is -2.70. The number of hydrogen-bond acceptors (Lipinski definition) is 3. The molecule has 2 aromatic rings. The lowest BCUT2D eigenvalue weighted by Gasteiger charge is -2.42. The van der Waals surface area contributed by atoms with Gasteiger partial charge in [-0.3, -0.25) is 9.69 Å². The van der Waals surface area contributed by atoms with E-state index in [0.717, 1.165) is 51.1 Å². The summed E-state index contributed by atoms with van der Waals surface area (Å²) in [5.41, 5.74) is -1.58. The molecule has 1 N–H and O–H groups in total. The molecule has 12 heteroatoms. The summed E-state index contributed by atoms with van der Waals surface area (Å²) in [6.45, 7) is 7.64. The molecule has 0 unspecified atom stereocenters. The molecule has 0 aliphatic carbocycles. The van der Waals surface area contributed by atoms with Crippen LogP contribution in [0.15, 0.2) is 42.5 Å². The highest BCUT2D eigenvalue weighted by Crippen LogP contribution is 2.38. The first-order valence-corrected chi connectivity index (χ1v) is 13.1. The van der Waals surface area contributed by atoms with E-state index in [2.05, 4.69) is 15.5 Å². The van der Waals surface area contributed by atoms with Crippen molar-refractivity contribution in [3.8, 4) is 0 Å². The van der Waals surface area contributed by atoms with Crippen molar-refractivity contribution in [2.75, 3.05) is 39.8 Å². The fourth-order valence-electron chi connectivity index (χ4n) is 4.95. The third-order valence-electron chi connectivity index (χ3n) is 7.40. The number of nitrogens with one attached hydrogen (secondary N) is 1. The molecule has 2 heterocycles. The van der Waals surface area contributed by atoms with Gasteiger partial charge in [0.1, 0.15) is 5.82 Å². The maximum Gasteiger partial charge on any atom is 0.416 e. The number of alkyl halides is 6. The molecular weight excluding hydrogens is 541 g/mol. The molecule has 2 saturated heterocycles. The normalized spacial score (nSPS) is 21.4. The molecule has 0 bridgehead atoms. The van der Waals surface area contributed by atoms with Gasteiger partial charge in [0, 0.05) is 45.2 Å². The van der Waals surface area contributed by atoms with Crippen molar-refractivity contribution in [3.63, 3.8) is 0 Å². The number of carbonyl (C=O) groups excluding carboxylic acids is 1. The summed E-state index contributed by atoms with van der Waals surface area (Å²) >= 11 is 0. The van der Waals surface area contributed by atoms with E-state index >= 15 is 0 Å². The largest absolute Gasteiger partial charge is 0.659 e. The van der Waals surface area contributed by atoms with Gasteiger partial charge in [-0.2, -0.15) is 33.4 Å². The van der Waals surface area contributed by atoms with Crippen LogP contribution in [0.3, 0.4) is 0 Å². The summed E-state index contributed by atoms with van der Waals surface area (Å²) in [6.07, 6.45) is -7.45. The molecule has 0 aromatic heterocycles. The van der Waals surface area contributed by atoms with Crippen molar-refractivity contribution in [2.45, 2.75) is 57.2 Å². The Morgan fingerprint density at radius 1 is 0.950 bits per heavy atom. The first kappa shape index (κ1) is 31.8. The molecule has 3 atom stereocenters. The van der Waals surface area contributed by atoms with Crippen LogP contribution in [0.5, 0.6) is 0 Å². The maximum atomic E-state index is 13.1. The second-order valence-corrected chi connectivity index (χ2v) is 10.1. The third kappa shape index (κ3) is 8.65. The monoisotopic (exact) mass is 575 g/mol. The third-order valence-corrected chi connectivity index (χ3v) is 7.40. The topological polar surface area (TPSA) is 49.7 Å². The van der Waals surface area contributed by atoms with Crippen LogP contribution in [-0.2, 0) is 17.1 Å². The van der Waals surface area contributed by atoms with Gasteiger partial charge < -0.3 is 15.5 Å². The van der Waals surface area contributed by atoms with Gasteiger partial charge >= 0.3 is 12.4 Å². The molecule has 4 rings (SSSR count). The number of nitrogens with zero attached hydrogens (tertiary/aromatic N) is 3. The van der Waals surface area contributed by atoms with E-state index in [1.165, 1.54) is 26.1 Å². The summed E-state index contributed by atoms with van der Waals surface area (Å²) in [5.74, 6) is -0.00869. The van der Waals surface area contributed by atoms with Crippen molar-refractivity contribution in [3.05, 3.63) is 75.9 Å². The van der Waals surface area contributed by atoms with E-state index in [1.54, 1.807) is 6.92 Å². The average molecular weight is 576 g/mol. The van der Waals surface area contributed by atoms with Crippen molar-refractivity contribution in [1.82, 2.24) is 15.1 Å². The lowest BCUT2D eigenvalue weighted by Crippen LogP contribution is -2.54. The summed E-state index contributed by atoms with van der Waals surface area (Å²) in [5, 5.41) is 7.21. The summed E-state index contributed by atoms with van der Waals surface area (Å²) in [7, 11) is 1.33. The number of hydrogen-bond donors (Lipinski definition) is 1. The standard InChI is InChI=1S/C17H24FN3O.C11H10F6N/c1-13(22)20-8-10-21(11-9-20)16-6-7-19-17(12-16)14-2-4-15(18)5-3-14;1-6(18-2)7-3-8(10(12,13)14)5-9(4-7)11(15,16)17/h2-5,16-17,19H,6-12H2,1H3;3-6H,1-2H3/q;-1/t16-,17+;6-/m01/s1. The number of halogens is 7. The van der Waals surface area contributed by atoms with Gasteiger partial charge in [0.25, 0.3) is 0 Å². The van der Waals surface area contributed by atoms with Gasteiger partial charge in [0.2, 0.25) is 5.91 Å². The number of amides is 1. The number of piperidine rings is 1. The Labute approximate surface area is 229 Å². The summed E-state index contributed by atoms with van der Waals surface area (Å²) in [6, 6.07) is 8.42. The molecule has 1 amide bonds. The highest BCUT2D eigenvalue weighted by atomic mass is 19.4. The lowest BCUT2D eigenvalue weighted by molar-refractivity contribution is -0.143. The predicted molar refractivity (Wildman–Crippen MR) is 138 cm³/mol. The van der Waals surface area contributed by atoms with Crippen molar-refractivity contribution in [1.29, 1.82) is 0 Å². The smallest absolute Gasteiger partial charge is 0.416 e. The Kier molecular flexibility index (Phi) is 10.6. The van der Waals surface area contributed by atoms with Crippen LogP contribution >= 0.6 is 0 Å². The minimum atomic E-state index is -4.82. The van der Waals surface area contributed by atoms with Gasteiger partial charge in [0.05, 0.1) is 11.1 Å². The highest BCUT2D eigenvalue weighted by molar-refractivity contribution is 5.73. The Bertz CT molecular complexity index is 1080. The number of piperazine rings is 1. The molecule has 40 heavy (non-hydrogen) atoms. The van der Waals surface area contributed by atoms with Gasteiger partial charge in [-0.1, -0.05) is 24.6 Å². The second-order valence-electron chi connectivity index (χ2n) is 10.1. The molecule has 2 aliphatic heterocycles. The summed E-state index contributed by atoms with van der Waals surface area (Å²) in [4.78, 5) is 15.8. The van der Waals surface area contributed by atoms with Crippen LogP contribution in [0, 0.1) is 5.82 Å². The van der Waals surface area contributed by atoms with Gasteiger partial charge in [-0.15, -0.1) is 6.04 Å². The minimum Gasteiger partial charge on any atom is -0.659 e. The SMILES string of the molecule is CC(=O)N1CCN([C@H]2CCN[C@@H](c3ccc(F)cc3)C2)CC1.C[N-][C@H](C)c1cc(C(F)(F)F)cc(C(F)(F)F)c1. The quantitative estimate of drug-likeness (QED) is 0.420. The van der Waals surface area contributed by atoms with Crippen LogP contribution in [-0.4, -0.2) is 61.5 Å². The van der Waals surface area contributed by atoms with Crippen molar-refractivity contribution in [2.24, 2.45) is 0 Å². The second kappa shape index (κ2) is 13.3. The van der Waals surface area contributed by atoms with E-state index in [0.29, 0.717) is 24.2 Å². The molecule has 0 saturated carbocycles. The zero-order chi connectivity index (χ0) is 29.7.